The van der Waals surface area contributed by atoms with Crippen LogP contribution in [0.2, 0.25) is 0 Å². The van der Waals surface area contributed by atoms with Crippen molar-refractivity contribution in [2.24, 2.45) is 10.9 Å². The van der Waals surface area contributed by atoms with Crippen LogP contribution >= 0.6 is 11.3 Å². The fourth-order valence-corrected chi connectivity index (χ4v) is 5.27. The summed E-state index contributed by atoms with van der Waals surface area (Å²) in [6, 6.07) is 13.5. The number of rotatable bonds is 2. The minimum atomic E-state index is -1.20. The second kappa shape index (κ2) is 6.56. The molecule has 2 aromatic carbocycles. The zero-order valence-electron chi connectivity index (χ0n) is 16.2. The molecule has 0 aliphatic carbocycles. The van der Waals surface area contributed by atoms with Gasteiger partial charge < -0.3 is 14.6 Å². The van der Waals surface area contributed by atoms with E-state index < -0.39 is 23.7 Å². The maximum absolute atomic E-state index is 13.4. The Morgan fingerprint density at radius 2 is 2.00 bits per heavy atom. The van der Waals surface area contributed by atoms with Crippen LogP contribution in [0.4, 0.5) is 0 Å². The number of phenolic OH excluding ortho intramolecular Hbond substituents is 1. The molecule has 3 atom stereocenters. The van der Waals surface area contributed by atoms with Gasteiger partial charge in [-0.25, -0.2) is 4.99 Å². The molecule has 3 aromatic rings. The molecule has 5 rings (SSSR count). The number of aromatic nitrogens is 1. The maximum Gasteiger partial charge on any atom is 0.317 e. The zero-order chi connectivity index (χ0) is 21.0. The van der Waals surface area contributed by atoms with Gasteiger partial charge in [-0.2, -0.15) is 0 Å². The summed E-state index contributed by atoms with van der Waals surface area (Å²) < 4.78 is 13.1. The van der Waals surface area contributed by atoms with Gasteiger partial charge >= 0.3 is 5.97 Å². The molecule has 0 spiro atoms. The molecule has 2 aliphatic heterocycles. The van der Waals surface area contributed by atoms with Gasteiger partial charge in [-0.1, -0.05) is 47.7 Å². The number of ether oxygens (including phenoxy) is 2. The first kappa shape index (κ1) is 18.6. The van der Waals surface area contributed by atoms with E-state index in [2.05, 4.69) is 4.99 Å². The van der Waals surface area contributed by atoms with Crippen LogP contribution in [0, 0.1) is 5.92 Å². The van der Waals surface area contributed by atoms with Crippen molar-refractivity contribution in [2.75, 3.05) is 7.11 Å². The highest BCUT2D eigenvalue weighted by Gasteiger charge is 2.55. The van der Waals surface area contributed by atoms with Gasteiger partial charge in [-0.15, -0.1) is 0 Å². The van der Waals surface area contributed by atoms with Gasteiger partial charge in [0.25, 0.3) is 5.56 Å². The predicted octanol–water partition coefficient (Wildman–Crippen LogP) is 1.56. The van der Waals surface area contributed by atoms with Gasteiger partial charge in [0.05, 0.1) is 17.7 Å². The number of phenols is 1. The number of carbonyl (C=O) groups is 1. The lowest BCUT2D eigenvalue weighted by atomic mass is 9.81. The second-order valence-electron chi connectivity index (χ2n) is 7.38. The number of thiazole rings is 1. The minimum absolute atomic E-state index is 0.0806. The number of hydrogen-bond donors (Lipinski definition) is 1. The Morgan fingerprint density at radius 1 is 1.27 bits per heavy atom. The molecule has 2 bridgehead atoms. The van der Waals surface area contributed by atoms with Crippen molar-refractivity contribution in [1.29, 1.82) is 0 Å². The van der Waals surface area contributed by atoms with Gasteiger partial charge in [-0.05, 0) is 25.1 Å². The quantitative estimate of drug-likeness (QED) is 0.633. The smallest absolute Gasteiger partial charge is 0.317 e. The first-order valence-corrected chi connectivity index (χ1v) is 10.2. The van der Waals surface area contributed by atoms with Gasteiger partial charge in [0.1, 0.15) is 17.4 Å². The molecule has 0 amide bonds. The predicted molar refractivity (Wildman–Crippen MR) is 110 cm³/mol. The number of benzene rings is 2. The lowest BCUT2D eigenvalue weighted by Gasteiger charge is -2.44. The van der Waals surface area contributed by atoms with Crippen LogP contribution in [0.15, 0.2) is 58.3 Å². The van der Waals surface area contributed by atoms with Crippen LogP contribution in [0.25, 0.3) is 6.08 Å². The summed E-state index contributed by atoms with van der Waals surface area (Å²) >= 11 is 1.20. The van der Waals surface area contributed by atoms with Crippen molar-refractivity contribution in [3.05, 3.63) is 79.3 Å². The Balaban J connectivity index is 1.81. The molecular formula is C22H18N2O5S. The van der Waals surface area contributed by atoms with E-state index in [1.165, 1.54) is 18.4 Å². The first-order chi connectivity index (χ1) is 14.4. The van der Waals surface area contributed by atoms with E-state index in [0.29, 0.717) is 20.6 Å². The monoisotopic (exact) mass is 422 g/mol. The van der Waals surface area contributed by atoms with Crippen molar-refractivity contribution in [3.8, 4) is 11.5 Å². The molecule has 152 valence electrons. The summed E-state index contributed by atoms with van der Waals surface area (Å²) in [6.07, 6.45) is 1.63. The summed E-state index contributed by atoms with van der Waals surface area (Å²) in [7, 11) is 1.32. The van der Waals surface area contributed by atoms with E-state index >= 15 is 0 Å². The molecule has 0 fully saturated rings. The Morgan fingerprint density at radius 3 is 2.77 bits per heavy atom. The molecule has 0 radical (unpaired) electrons. The standard InChI is InChI=1S/C22H18N2O5S/c1-22-17(20(27)28-2)18(13-8-4-6-10-15(13)29-22)24-19(26)16(30-21(24)23-22)11-12-7-3-5-9-14(12)25/h3-11,17-18,25H,1-2H3/b16-11-/t17-,18+,22+/m0/s1. The van der Waals surface area contributed by atoms with Crippen LogP contribution in [-0.2, 0) is 9.53 Å². The lowest BCUT2D eigenvalue weighted by Crippen LogP contribution is -2.58. The van der Waals surface area contributed by atoms with Crippen LogP contribution < -0.4 is 19.6 Å². The summed E-state index contributed by atoms with van der Waals surface area (Å²) in [6.45, 7) is 1.73. The minimum Gasteiger partial charge on any atom is -0.507 e. The normalized spacial score (nSPS) is 24.3. The van der Waals surface area contributed by atoms with Crippen molar-refractivity contribution in [1.82, 2.24) is 4.57 Å². The van der Waals surface area contributed by atoms with Crippen LogP contribution in [0.1, 0.15) is 24.1 Å². The second-order valence-corrected chi connectivity index (χ2v) is 8.39. The Hall–Kier alpha value is -3.39. The van der Waals surface area contributed by atoms with E-state index in [-0.39, 0.29) is 11.3 Å². The van der Waals surface area contributed by atoms with Crippen LogP contribution in [-0.4, -0.2) is 28.5 Å². The number of nitrogens with zero attached hydrogens (tertiary/aromatic N) is 2. The number of aromatic hydroxyl groups is 1. The molecule has 8 heteroatoms. The van der Waals surface area contributed by atoms with Gasteiger partial charge in [-0.3, -0.25) is 14.2 Å². The molecule has 0 unspecified atom stereocenters. The number of esters is 1. The maximum atomic E-state index is 13.4. The van der Waals surface area contributed by atoms with E-state index in [1.807, 2.05) is 18.2 Å². The fourth-order valence-electron chi connectivity index (χ4n) is 4.18. The van der Waals surface area contributed by atoms with E-state index in [0.717, 1.165) is 5.56 Å². The highest BCUT2D eigenvalue weighted by atomic mass is 32.1. The first-order valence-electron chi connectivity index (χ1n) is 9.39. The Bertz CT molecular complexity index is 1360. The number of hydrogen-bond acceptors (Lipinski definition) is 7. The highest BCUT2D eigenvalue weighted by Crippen LogP contribution is 2.47. The zero-order valence-corrected chi connectivity index (χ0v) is 17.1. The number of methoxy groups -OCH3 is 1. The molecule has 2 aliphatic rings. The SMILES string of the molecule is COC(=O)[C@@H]1[C@H]2c3ccccc3O[C@@]1(C)N=c1s/c(=C\c3ccccc3O)c(=O)n12. The Labute approximate surface area is 175 Å². The Kier molecular flexibility index (Phi) is 4.08. The van der Waals surface area contributed by atoms with Crippen LogP contribution in [0.3, 0.4) is 0 Å². The fraction of sp³-hybridized carbons (Fsp3) is 0.227. The molecule has 1 N–H and O–H groups in total. The summed E-state index contributed by atoms with van der Waals surface area (Å²) in [5.74, 6) is -0.633. The van der Waals surface area contributed by atoms with E-state index in [9.17, 15) is 14.7 Å². The van der Waals surface area contributed by atoms with Crippen molar-refractivity contribution in [2.45, 2.75) is 18.7 Å². The van der Waals surface area contributed by atoms with Gasteiger partial charge in [0, 0.05) is 11.1 Å². The number of carbonyl (C=O) groups excluding carboxylic acids is 1. The largest absolute Gasteiger partial charge is 0.507 e. The summed E-state index contributed by atoms with van der Waals surface area (Å²) in [5, 5.41) is 10.1. The van der Waals surface area contributed by atoms with Gasteiger partial charge in [0.2, 0.25) is 5.72 Å². The highest BCUT2D eigenvalue weighted by molar-refractivity contribution is 7.07. The number of fused-ring (bicyclic) bond motifs is 6. The molecule has 1 aromatic heterocycles. The summed E-state index contributed by atoms with van der Waals surface area (Å²) in [5.41, 5.74) is -0.213. The third-order valence-electron chi connectivity index (χ3n) is 5.56. The lowest BCUT2D eigenvalue weighted by molar-refractivity contribution is -0.158. The van der Waals surface area contributed by atoms with Crippen molar-refractivity contribution >= 4 is 23.4 Å². The molecule has 3 heterocycles. The third kappa shape index (κ3) is 2.60. The molecule has 30 heavy (non-hydrogen) atoms. The van der Waals surface area contributed by atoms with Gasteiger partial charge in [0.15, 0.2) is 4.80 Å². The molecule has 7 nitrogen and oxygen atoms in total. The topological polar surface area (TPSA) is 90.1 Å². The average Bonchev–Trinajstić information content (AvgIpc) is 3.02. The molecule has 0 saturated heterocycles. The molecule has 0 saturated carbocycles. The van der Waals surface area contributed by atoms with Crippen LogP contribution in [0.5, 0.6) is 11.5 Å². The molecular weight excluding hydrogens is 404 g/mol. The summed E-state index contributed by atoms with van der Waals surface area (Å²) in [4.78, 5) is 31.3. The van der Waals surface area contributed by atoms with Crippen molar-refractivity contribution in [3.63, 3.8) is 0 Å². The third-order valence-corrected chi connectivity index (χ3v) is 6.54. The van der Waals surface area contributed by atoms with E-state index in [1.54, 1.807) is 47.9 Å². The van der Waals surface area contributed by atoms with Crippen molar-refractivity contribution < 1.29 is 19.4 Å². The number of para-hydroxylation sites is 2. The van der Waals surface area contributed by atoms with E-state index in [4.69, 9.17) is 9.47 Å². The average molecular weight is 422 g/mol.